The van der Waals surface area contributed by atoms with Crippen molar-refractivity contribution in [2.45, 2.75) is 32.4 Å². The van der Waals surface area contributed by atoms with Crippen LogP contribution in [0.3, 0.4) is 0 Å². The van der Waals surface area contributed by atoms with Gasteiger partial charge in [0.2, 0.25) is 0 Å². The van der Waals surface area contributed by atoms with E-state index in [2.05, 4.69) is 52.3 Å². The van der Waals surface area contributed by atoms with Gasteiger partial charge < -0.3 is 4.74 Å². The van der Waals surface area contributed by atoms with Crippen molar-refractivity contribution in [3.63, 3.8) is 0 Å². The molecule has 0 aliphatic rings. The molecule has 0 atom stereocenters. The molecular formula is C12H17ClIN3OSi. The van der Waals surface area contributed by atoms with Gasteiger partial charge in [0.05, 0.1) is 10.9 Å². The van der Waals surface area contributed by atoms with E-state index in [1.165, 1.54) is 0 Å². The highest BCUT2D eigenvalue weighted by Gasteiger charge is 2.13. The number of fused-ring (bicyclic) bond motifs is 1. The van der Waals surface area contributed by atoms with Gasteiger partial charge in [-0.25, -0.2) is 9.67 Å². The molecular weight excluding hydrogens is 393 g/mol. The molecule has 2 rings (SSSR count). The average molecular weight is 410 g/mol. The lowest BCUT2D eigenvalue weighted by Crippen LogP contribution is -2.22. The van der Waals surface area contributed by atoms with Gasteiger partial charge in [-0.3, -0.25) is 0 Å². The highest BCUT2D eigenvalue weighted by molar-refractivity contribution is 14.1. The van der Waals surface area contributed by atoms with Gasteiger partial charge in [0, 0.05) is 26.9 Å². The lowest BCUT2D eigenvalue weighted by molar-refractivity contribution is 0.0814. The van der Waals surface area contributed by atoms with Crippen molar-refractivity contribution in [3.05, 3.63) is 21.1 Å². The minimum absolute atomic E-state index is 0.463. The molecule has 2 aromatic rings. The van der Waals surface area contributed by atoms with Crippen molar-refractivity contribution in [1.29, 1.82) is 0 Å². The quantitative estimate of drug-likeness (QED) is 0.324. The molecule has 0 unspecified atom stereocenters. The van der Waals surface area contributed by atoms with Gasteiger partial charge in [-0.1, -0.05) is 31.2 Å². The van der Waals surface area contributed by atoms with Crippen LogP contribution in [-0.4, -0.2) is 29.4 Å². The Morgan fingerprint density at radius 1 is 1.42 bits per heavy atom. The lowest BCUT2D eigenvalue weighted by atomic mass is 10.3. The second kappa shape index (κ2) is 6.07. The molecule has 0 bridgehead atoms. The van der Waals surface area contributed by atoms with Gasteiger partial charge in [-0.05, 0) is 28.6 Å². The highest BCUT2D eigenvalue weighted by atomic mass is 127. The van der Waals surface area contributed by atoms with E-state index in [0.29, 0.717) is 11.9 Å². The normalized spacial score (nSPS) is 12.3. The maximum absolute atomic E-state index is 5.93. The molecule has 0 fully saturated rings. The largest absolute Gasteiger partial charge is 0.360 e. The van der Waals surface area contributed by atoms with Gasteiger partial charge in [0.25, 0.3) is 0 Å². The third-order valence-electron chi connectivity index (χ3n) is 2.77. The van der Waals surface area contributed by atoms with Gasteiger partial charge in [-0.15, -0.1) is 0 Å². The van der Waals surface area contributed by atoms with Crippen molar-refractivity contribution in [1.82, 2.24) is 14.8 Å². The van der Waals surface area contributed by atoms with Crippen molar-refractivity contribution in [2.75, 3.05) is 6.61 Å². The van der Waals surface area contributed by atoms with E-state index in [9.17, 15) is 0 Å². The fourth-order valence-corrected chi connectivity index (χ4v) is 3.22. The molecule has 0 radical (unpaired) electrons. The second-order valence-electron chi connectivity index (χ2n) is 5.66. The van der Waals surface area contributed by atoms with Crippen LogP contribution in [0.4, 0.5) is 0 Å². The van der Waals surface area contributed by atoms with Gasteiger partial charge in [0.15, 0.2) is 0 Å². The van der Waals surface area contributed by atoms with Crippen LogP contribution in [0, 0.1) is 3.70 Å². The van der Waals surface area contributed by atoms with E-state index in [-0.39, 0.29) is 0 Å². The third-order valence-corrected chi connectivity index (χ3v) is 5.48. The Kier molecular flexibility index (Phi) is 4.86. The number of pyridine rings is 1. The molecule has 2 heterocycles. The Labute approximate surface area is 132 Å². The minimum atomic E-state index is -1.04. The summed E-state index contributed by atoms with van der Waals surface area (Å²) in [6.07, 6.45) is 1.75. The summed E-state index contributed by atoms with van der Waals surface area (Å²) < 4.78 is 8.49. The zero-order chi connectivity index (χ0) is 14.0. The molecule has 0 aliphatic carbocycles. The Bertz CT molecular complexity index is 582. The molecule has 0 aliphatic heterocycles. The van der Waals surface area contributed by atoms with Crippen LogP contribution < -0.4 is 0 Å². The SMILES string of the molecule is C[Si](C)(C)CCOCn1nc(I)c2cnc(Cl)cc21. The maximum atomic E-state index is 5.93. The molecule has 0 N–H and O–H groups in total. The molecule has 104 valence electrons. The number of nitrogens with zero attached hydrogens (tertiary/aromatic N) is 3. The van der Waals surface area contributed by atoms with Crippen LogP contribution >= 0.6 is 34.2 Å². The van der Waals surface area contributed by atoms with Gasteiger partial charge in [-0.2, -0.15) is 5.10 Å². The second-order valence-corrected chi connectivity index (χ2v) is 12.7. The Hall–Kier alpha value is -0.183. The smallest absolute Gasteiger partial charge is 0.140 e. The first-order valence-corrected chi connectivity index (χ1v) is 11.3. The molecule has 0 amide bonds. The van der Waals surface area contributed by atoms with E-state index in [4.69, 9.17) is 16.3 Å². The van der Waals surface area contributed by atoms with Crippen LogP contribution in [0.25, 0.3) is 10.9 Å². The summed E-state index contributed by atoms with van der Waals surface area (Å²) in [7, 11) is -1.04. The molecule has 19 heavy (non-hydrogen) atoms. The standard InChI is InChI=1S/C12H17ClIN3OSi/c1-19(2,3)5-4-18-8-17-10-6-11(13)15-7-9(10)12(14)16-17/h6-7H,4-5,8H2,1-3H3. The molecule has 4 nitrogen and oxygen atoms in total. The Balaban J connectivity index is 2.07. The van der Waals surface area contributed by atoms with E-state index in [1.54, 1.807) is 6.20 Å². The van der Waals surface area contributed by atoms with Crippen LogP contribution in [0.15, 0.2) is 12.3 Å². The molecule has 0 saturated carbocycles. The summed E-state index contributed by atoms with van der Waals surface area (Å²) >= 11 is 8.13. The average Bonchev–Trinajstić information content (AvgIpc) is 2.60. The Morgan fingerprint density at radius 3 is 2.84 bits per heavy atom. The minimum Gasteiger partial charge on any atom is -0.360 e. The Morgan fingerprint density at radius 2 is 2.16 bits per heavy atom. The molecule has 7 heteroatoms. The number of aromatic nitrogens is 3. The van der Waals surface area contributed by atoms with Crippen molar-refractivity contribution in [3.8, 4) is 0 Å². The fourth-order valence-electron chi connectivity index (χ4n) is 1.63. The summed E-state index contributed by atoms with van der Waals surface area (Å²) in [5.74, 6) is 0. The number of hydrogen-bond acceptors (Lipinski definition) is 3. The maximum Gasteiger partial charge on any atom is 0.140 e. The van der Waals surface area contributed by atoms with E-state index >= 15 is 0 Å². The molecule has 2 aromatic heterocycles. The van der Waals surface area contributed by atoms with Gasteiger partial charge in [0.1, 0.15) is 15.6 Å². The molecule has 0 saturated heterocycles. The number of halogens is 2. The topological polar surface area (TPSA) is 39.9 Å². The fraction of sp³-hybridized carbons (Fsp3) is 0.500. The predicted octanol–water partition coefficient (Wildman–Crippen LogP) is 4.00. The van der Waals surface area contributed by atoms with Gasteiger partial charge >= 0.3 is 0 Å². The summed E-state index contributed by atoms with van der Waals surface area (Å²) in [5.41, 5.74) is 0.970. The third kappa shape index (κ3) is 4.14. The summed E-state index contributed by atoms with van der Waals surface area (Å²) in [6.45, 7) is 8.27. The van der Waals surface area contributed by atoms with Crippen LogP contribution in [-0.2, 0) is 11.5 Å². The number of hydrogen-bond donors (Lipinski definition) is 0. The zero-order valence-electron chi connectivity index (χ0n) is 11.3. The highest BCUT2D eigenvalue weighted by Crippen LogP contribution is 2.22. The van der Waals surface area contributed by atoms with E-state index < -0.39 is 8.07 Å². The summed E-state index contributed by atoms with van der Waals surface area (Å²) in [5, 5.41) is 5.95. The van der Waals surface area contributed by atoms with Crippen LogP contribution in [0.5, 0.6) is 0 Å². The summed E-state index contributed by atoms with van der Waals surface area (Å²) in [6, 6.07) is 2.99. The van der Waals surface area contributed by atoms with Crippen LogP contribution in [0.1, 0.15) is 0 Å². The van der Waals surface area contributed by atoms with Crippen molar-refractivity contribution < 1.29 is 4.74 Å². The number of rotatable bonds is 5. The van der Waals surface area contributed by atoms with E-state index in [0.717, 1.165) is 27.3 Å². The first kappa shape index (κ1) is 15.2. The number of ether oxygens (including phenoxy) is 1. The summed E-state index contributed by atoms with van der Waals surface area (Å²) in [4.78, 5) is 4.08. The monoisotopic (exact) mass is 409 g/mol. The first-order valence-electron chi connectivity index (χ1n) is 6.12. The van der Waals surface area contributed by atoms with Crippen LogP contribution in [0.2, 0.25) is 30.8 Å². The predicted molar refractivity (Wildman–Crippen MR) is 89.4 cm³/mol. The van der Waals surface area contributed by atoms with Crippen molar-refractivity contribution >= 4 is 53.2 Å². The van der Waals surface area contributed by atoms with E-state index in [1.807, 2.05) is 10.7 Å². The molecule has 0 aromatic carbocycles. The molecule has 0 spiro atoms. The van der Waals surface area contributed by atoms with Crippen molar-refractivity contribution in [2.24, 2.45) is 0 Å². The zero-order valence-corrected chi connectivity index (χ0v) is 15.2. The first-order chi connectivity index (χ1) is 8.87. The lowest BCUT2D eigenvalue weighted by Gasteiger charge is -2.15.